The summed E-state index contributed by atoms with van der Waals surface area (Å²) >= 11 is 0. The van der Waals surface area contributed by atoms with Gasteiger partial charge in [-0.2, -0.15) is 0 Å². The Labute approximate surface area is 157 Å². The van der Waals surface area contributed by atoms with Crippen LogP contribution in [0.15, 0.2) is 18.2 Å². The van der Waals surface area contributed by atoms with Gasteiger partial charge in [-0.05, 0) is 37.7 Å². The van der Waals surface area contributed by atoms with Crippen molar-refractivity contribution in [3.63, 3.8) is 0 Å². The van der Waals surface area contributed by atoms with Gasteiger partial charge in [-0.15, -0.1) is 0 Å². The SMILES string of the molecule is CC1CCN(C(=O)C2CCN(c3ccc([N+](=O)[O-])cc3[N+](=O)[O-])CC2)CC1. The van der Waals surface area contributed by atoms with Crippen LogP contribution in [-0.2, 0) is 4.79 Å². The zero-order chi connectivity index (χ0) is 19.6. The van der Waals surface area contributed by atoms with E-state index in [-0.39, 0.29) is 23.2 Å². The molecule has 0 aliphatic carbocycles. The number of carbonyl (C=O) groups excluding carboxylic acids is 1. The Balaban J connectivity index is 1.66. The van der Waals surface area contributed by atoms with E-state index in [9.17, 15) is 25.0 Å². The van der Waals surface area contributed by atoms with E-state index >= 15 is 0 Å². The highest BCUT2D eigenvalue weighted by Crippen LogP contribution is 2.35. The summed E-state index contributed by atoms with van der Waals surface area (Å²) in [6, 6.07) is 3.72. The quantitative estimate of drug-likeness (QED) is 0.590. The lowest BCUT2D eigenvalue weighted by atomic mass is 9.92. The number of anilines is 1. The van der Waals surface area contributed by atoms with E-state index in [1.807, 2.05) is 9.80 Å². The Hall–Kier alpha value is -2.71. The van der Waals surface area contributed by atoms with Gasteiger partial charge < -0.3 is 9.80 Å². The van der Waals surface area contributed by atoms with Crippen molar-refractivity contribution in [3.8, 4) is 0 Å². The van der Waals surface area contributed by atoms with Crippen molar-refractivity contribution in [2.45, 2.75) is 32.6 Å². The largest absolute Gasteiger partial charge is 0.366 e. The molecule has 2 aliphatic heterocycles. The summed E-state index contributed by atoms with van der Waals surface area (Å²) in [6.07, 6.45) is 3.36. The van der Waals surface area contributed by atoms with Gasteiger partial charge in [0.05, 0.1) is 15.9 Å². The molecule has 9 heteroatoms. The van der Waals surface area contributed by atoms with Gasteiger partial charge in [0, 0.05) is 38.2 Å². The minimum absolute atomic E-state index is 0.0493. The van der Waals surface area contributed by atoms with Crippen LogP contribution >= 0.6 is 0 Å². The van der Waals surface area contributed by atoms with E-state index in [1.165, 1.54) is 12.1 Å². The van der Waals surface area contributed by atoms with Crippen molar-refractivity contribution < 1.29 is 14.6 Å². The Morgan fingerprint density at radius 1 is 1.00 bits per heavy atom. The smallest absolute Gasteiger partial charge is 0.299 e. The van der Waals surface area contributed by atoms with Gasteiger partial charge in [0.2, 0.25) is 5.91 Å². The second-order valence-corrected chi connectivity index (χ2v) is 7.46. The summed E-state index contributed by atoms with van der Waals surface area (Å²) in [4.78, 5) is 37.5. The van der Waals surface area contributed by atoms with Crippen LogP contribution in [0.2, 0.25) is 0 Å². The highest BCUT2D eigenvalue weighted by Gasteiger charge is 2.32. The molecule has 0 spiro atoms. The van der Waals surface area contributed by atoms with Crippen LogP contribution in [0.3, 0.4) is 0 Å². The van der Waals surface area contributed by atoms with Gasteiger partial charge in [-0.3, -0.25) is 25.0 Å². The van der Waals surface area contributed by atoms with Gasteiger partial charge >= 0.3 is 0 Å². The number of nitro benzene ring substituents is 2. The van der Waals surface area contributed by atoms with Crippen molar-refractivity contribution in [1.29, 1.82) is 0 Å². The normalized spacial score (nSPS) is 19.1. The molecule has 2 fully saturated rings. The maximum atomic E-state index is 12.7. The summed E-state index contributed by atoms with van der Waals surface area (Å²) < 4.78 is 0. The average molecular weight is 376 g/mol. The average Bonchev–Trinajstić information content (AvgIpc) is 2.67. The summed E-state index contributed by atoms with van der Waals surface area (Å²) in [5, 5.41) is 22.2. The molecule has 0 radical (unpaired) electrons. The van der Waals surface area contributed by atoms with Crippen molar-refractivity contribution in [2.24, 2.45) is 11.8 Å². The topological polar surface area (TPSA) is 110 Å². The third-order valence-electron chi connectivity index (χ3n) is 5.65. The second kappa shape index (κ2) is 7.89. The van der Waals surface area contributed by atoms with Crippen molar-refractivity contribution in [3.05, 3.63) is 38.4 Å². The number of hydrogen-bond acceptors (Lipinski definition) is 6. The number of likely N-dealkylation sites (tertiary alicyclic amines) is 1. The van der Waals surface area contributed by atoms with E-state index in [0.29, 0.717) is 37.5 Å². The lowest BCUT2D eigenvalue weighted by Crippen LogP contribution is -2.45. The Morgan fingerprint density at radius 2 is 1.63 bits per heavy atom. The molecule has 1 aromatic rings. The Kier molecular flexibility index (Phi) is 5.57. The zero-order valence-corrected chi connectivity index (χ0v) is 15.4. The summed E-state index contributed by atoms with van der Waals surface area (Å²) in [7, 11) is 0. The number of nitrogens with zero attached hydrogens (tertiary/aromatic N) is 4. The first-order chi connectivity index (χ1) is 12.9. The first-order valence-corrected chi connectivity index (χ1v) is 9.33. The van der Waals surface area contributed by atoms with E-state index in [4.69, 9.17) is 0 Å². The highest BCUT2D eigenvalue weighted by atomic mass is 16.6. The first-order valence-electron chi connectivity index (χ1n) is 9.33. The molecule has 9 nitrogen and oxygen atoms in total. The molecule has 3 rings (SSSR count). The van der Waals surface area contributed by atoms with Crippen molar-refractivity contribution >= 4 is 23.0 Å². The third kappa shape index (κ3) is 4.17. The van der Waals surface area contributed by atoms with E-state index < -0.39 is 9.85 Å². The summed E-state index contributed by atoms with van der Waals surface area (Å²) in [5.41, 5.74) is -0.183. The second-order valence-electron chi connectivity index (χ2n) is 7.46. The molecule has 27 heavy (non-hydrogen) atoms. The predicted octanol–water partition coefficient (Wildman–Crippen LogP) is 2.98. The molecular formula is C18H24N4O5. The first kappa shape index (κ1) is 19.1. The number of piperidine rings is 2. The van der Waals surface area contributed by atoms with Crippen LogP contribution in [0.1, 0.15) is 32.6 Å². The number of non-ortho nitro benzene ring substituents is 1. The van der Waals surface area contributed by atoms with Gasteiger partial charge in [0.1, 0.15) is 5.69 Å². The van der Waals surface area contributed by atoms with Crippen molar-refractivity contribution in [1.82, 2.24) is 4.90 Å². The summed E-state index contributed by atoms with van der Waals surface area (Å²) in [6.45, 7) is 4.89. The van der Waals surface area contributed by atoms with Gasteiger partial charge in [0.25, 0.3) is 11.4 Å². The minimum atomic E-state index is -0.638. The fraction of sp³-hybridized carbons (Fsp3) is 0.611. The molecule has 2 aliphatic rings. The monoisotopic (exact) mass is 376 g/mol. The number of nitro groups is 2. The molecule has 0 unspecified atom stereocenters. The standard InChI is InChI=1S/C18H24N4O5/c1-13-4-8-20(9-5-13)18(23)14-6-10-19(11-7-14)16-3-2-15(21(24)25)12-17(16)22(26)27/h2-3,12-14H,4-11H2,1H3. The molecule has 0 saturated carbocycles. The van der Waals surface area contributed by atoms with E-state index in [1.54, 1.807) is 0 Å². The maximum absolute atomic E-state index is 12.7. The van der Waals surface area contributed by atoms with Crippen LogP contribution in [0.5, 0.6) is 0 Å². The van der Waals surface area contributed by atoms with Gasteiger partial charge in [-0.25, -0.2) is 0 Å². The van der Waals surface area contributed by atoms with Gasteiger partial charge in [0.15, 0.2) is 0 Å². The van der Waals surface area contributed by atoms with Gasteiger partial charge in [-0.1, -0.05) is 6.92 Å². The highest BCUT2D eigenvalue weighted by molar-refractivity contribution is 5.79. The Morgan fingerprint density at radius 3 is 2.19 bits per heavy atom. The lowest BCUT2D eigenvalue weighted by Gasteiger charge is -2.37. The molecule has 1 aromatic carbocycles. The maximum Gasteiger partial charge on any atom is 0.299 e. The molecule has 1 amide bonds. The summed E-state index contributed by atoms with van der Waals surface area (Å²) in [5.74, 6) is 0.810. The molecular weight excluding hydrogens is 352 g/mol. The lowest BCUT2D eigenvalue weighted by molar-refractivity contribution is -0.393. The van der Waals surface area contributed by atoms with Crippen LogP contribution in [0.4, 0.5) is 17.1 Å². The third-order valence-corrected chi connectivity index (χ3v) is 5.65. The predicted molar refractivity (Wildman–Crippen MR) is 99.7 cm³/mol. The number of benzene rings is 1. The molecule has 146 valence electrons. The van der Waals surface area contributed by atoms with Crippen LogP contribution in [-0.4, -0.2) is 46.8 Å². The zero-order valence-electron chi connectivity index (χ0n) is 15.4. The number of hydrogen-bond donors (Lipinski definition) is 0. The van der Waals surface area contributed by atoms with Crippen LogP contribution in [0, 0.1) is 32.1 Å². The molecule has 2 heterocycles. The fourth-order valence-electron chi connectivity index (χ4n) is 3.89. The van der Waals surface area contributed by atoms with Crippen LogP contribution in [0.25, 0.3) is 0 Å². The molecule has 0 bridgehead atoms. The Bertz CT molecular complexity index is 737. The molecule has 0 N–H and O–H groups in total. The fourth-order valence-corrected chi connectivity index (χ4v) is 3.89. The molecule has 0 atom stereocenters. The van der Waals surface area contributed by atoms with E-state index in [0.717, 1.165) is 32.0 Å². The van der Waals surface area contributed by atoms with Crippen LogP contribution < -0.4 is 4.90 Å². The number of amides is 1. The number of carbonyl (C=O) groups is 1. The minimum Gasteiger partial charge on any atom is -0.366 e. The van der Waals surface area contributed by atoms with E-state index in [2.05, 4.69) is 6.92 Å². The number of rotatable bonds is 4. The molecule has 0 aromatic heterocycles. The van der Waals surface area contributed by atoms with Crippen molar-refractivity contribution in [2.75, 3.05) is 31.1 Å². The molecule has 2 saturated heterocycles.